The van der Waals surface area contributed by atoms with Crippen molar-refractivity contribution in [3.8, 4) is 0 Å². The quantitative estimate of drug-likeness (QED) is 0.483. The molecule has 0 bridgehead atoms. The first-order chi connectivity index (χ1) is 4.20. The number of hydrogen-bond acceptors (Lipinski definition) is 2. The van der Waals surface area contributed by atoms with Crippen molar-refractivity contribution in [3.63, 3.8) is 0 Å². The molecule has 1 amide bonds. The molecule has 1 rings (SSSR count). The van der Waals surface area contributed by atoms with Crippen LogP contribution in [0.25, 0.3) is 0 Å². The highest BCUT2D eigenvalue weighted by Gasteiger charge is 2.21. The van der Waals surface area contributed by atoms with E-state index in [-0.39, 0.29) is 12.0 Å². The first-order valence-electron chi connectivity index (χ1n) is 3.13. The van der Waals surface area contributed by atoms with Gasteiger partial charge in [-0.05, 0) is 6.42 Å². The molecule has 9 heavy (non-hydrogen) atoms. The Morgan fingerprint density at radius 3 is 2.67 bits per heavy atom. The fourth-order valence-electron chi connectivity index (χ4n) is 1.03. The lowest BCUT2D eigenvalue weighted by atomic mass is 10.3. The minimum Gasteiger partial charge on any atom is -0.391 e. The second kappa shape index (κ2) is 2.35. The molecule has 0 aliphatic carbocycles. The molecule has 0 aromatic rings. The summed E-state index contributed by atoms with van der Waals surface area (Å²) in [5.74, 6) is 0.0616. The van der Waals surface area contributed by atoms with Gasteiger partial charge in [0.1, 0.15) is 0 Å². The summed E-state index contributed by atoms with van der Waals surface area (Å²) in [7, 11) is 0. The van der Waals surface area contributed by atoms with Crippen LogP contribution in [0.5, 0.6) is 0 Å². The highest BCUT2D eigenvalue weighted by Crippen LogP contribution is 2.07. The molecule has 52 valence electrons. The molecular weight excluding hydrogens is 118 g/mol. The van der Waals surface area contributed by atoms with Gasteiger partial charge in [-0.3, -0.25) is 4.79 Å². The third-order valence-electron chi connectivity index (χ3n) is 1.61. The predicted molar refractivity (Wildman–Crippen MR) is 32.9 cm³/mol. The zero-order valence-corrected chi connectivity index (χ0v) is 5.50. The van der Waals surface area contributed by atoms with Crippen LogP contribution in [0.4, 0.5) is 0 Å². The first-order valence-corrected chi connectivity index (χ1v) is 3.13. The van der Waals surface area contributed by atoms with E-state index >= 15 is 0 Å². The number of amides is 1. The van der Waals surface area contributed by atoms with Gasteiger partial charge in [-0.25, -0.2) is 0 Å². The molecule has 3 heteroatoms. The average Bonchev–Trinajstić information content (AvgIpc) is 2.14. The van der Waals surface area contributed by atoms with E-state index in [2.05, 4.69) is 0 Å². The molecule has 1 aliphatic heterocycles. The maximum absolute atomic E-state index is 10.6. The Labute approximate surface area is 54.3 Å². The molecule has 0 aromatic heterocycles. The summed E-state index contributed by atoms with van der Waals surface area (Å²) in [5, 5.41) is 8.95. The van der Waals surface area contributed by atoms with E-state index in [9.17, 15) is 4.79 Å². The maximum Gasteiger partial charge on any atom is 0.219 e. The van der Waals surface area contributed by atoms with Crippen molar-refractivity contribution < 1.29 is 9.90 Å². The fourth-order valence-corrected chi connectivity index (χ4v) is 1.03. The van der Waals surface area contributed by atoms with Gasteiger partial charge >= 0.3 is 0 Å². The Morgan fingerprint density at radius 2 is 2.44 bits per heavy atom. The highest BCUT2D eigenvalue weighted by molar-refractivity contribution is 5.73. The van der Waals surface area contributed by atoms with Gasteiger partial charge < -0.3 is 10.0 Å². The minimum absolute atomic E-state index is 0.0616. The van der Waals surface area contributed by atoms with E-state index in [4.69, 9.17) is 5.11 Å². The summed E-state index contributed by atoms with van der Waals surface area (Å²) in [6.07, 6.45) is 0.452. The molecular formula is C6H11NO2. The monoisotopic (exact) mass is 129 g/mol. The zero-order chi connectivity index (χ0) is 6.85. The highest BCUT2D eigenvalue weighted by atomic mass is 16.3. The van der Waals surface area contributed by atoms with E-state index < -0.39 is 0 Å². The number of nitrogens with zero attached hydrogens (tertiary/aromatic N) is 1. The minimum atomic E-state index is -0.283. The average molecular weight is 129 g/mol. The normalized spacial score (nSPS) is 26.9. The van der Waals surface area contributed by atoms with Crippen molar-refractivity contribution in [2.24, 2.45) is 0 Å². The molecule has 0 unspecified atom stereocenters. The molecule has 0 saturated carbocycles. The second-order valence-corrected chi connectivity index (χ2v) is 2.41. The van der Waals surface area contributed by atoms with Gasteiger partial charge in [-0.1, -0.05) is 0 Å². The van der Waals surface area contributed by atoms with E-state index in [0.717, 1.165) is 13.0 Å². The van der Waals surface area contributed by atoms with Crippen LogP contribution in [0.15, 0.2) is 0 Å². The largest absolute Gasteiger partial charge is 0.391 e. The lowest BCUT2D eigenvalue weighted by Gasteiger charge is -2.10. The van der Waals surface area contributed by atoms with Crippen LogP contribution in [0, 0.1) is 0 Å². The summed E-state index contributed by atoms with van der Waals surface area (Å²) in [5.41, 5.74) is 0. The van der Waals surface area contributed by atoms with Crippen LogP contribution in [-0.2, 0) is 4.79 Å². The Bertz CT molecular complexity index is 124. The third-order valence-corrected chi connectivity index (χ3v) is 1.61. The van der Waals surface area contributed by atoms with Gasteiger partial charge in [0.25, 0.3) is 0 Å². The second-order valence-electron chi connectivity index (χ2n) is 2.41. The van der Waals surface area contributed by atoms with Crippen molar-refractivity contribution in [2.75, 3.05) is 13.1 Å². The molecule has 0 spiro atoms. The van der Waals surface area contributed by atoms with Crippen molar-refractivity contribution in [1.82, 2.24) is 4.90 Å². The number of β-amino-alcohol motifs (C(OH)–C–C–N with tert-alkyl or cyclic N) is 1. The first kappa shape index (κ1) is 6.55. The van der Waals surface area contributed by atoms with Crippen LogP contribution in [-0.4, -0.2) is 35.1 Å². The molecule has 3 nitrogen and oxygen atoms in total. The number of aliphatic hydroxyl groups is 1. The van der Waals surface area contributed by atoms with Gasteiger partial charge in [-0.15, -0.1) is 0 Å². The van der Waals surface area contributed by atoms with E-state index in [1.54, 1.807) is 4.90 Å². The Morgan fingerprint density at radius 1 is 1.78 bits per heavy atom. The number of likely N-dealkylation sites (tertiary alicyclic amines) is 1. The number of rotatable bonds is 0. The SMILES string of the molecule is CC(=O)N1CC[C@@H](O)C1. The molecule has 0 radical (unpaired) electrons. The van der Waals surface area contributed by atoms with Gasteiger partial charge in [0.2, 0.25) is 5.91 Å². The molecule has 1 heterocycles. The molecule has 1 atom stereocenters. The standard InChI is InChI=1S/C6H11NO2/c1-5(8)7-3-2-6(9)4-7/h6,9H,2-4H2,1H3/t6-/m1/s1. The zero-order valence-electron chi connectivity index (χ0n) is 5.50. The topological polar surface area (TPSA) is 40.5 Å². The number of carbonyl (C=O) groups excluding carboxylic acids is 1. The van der Waals surface area contributed by atoms with E-state index in [1.165, 1.54) is 6.92 Å². The predicted octanol–water partition coefficient (Wildman–Crippen LogP) is -0.401. The smallest absolute Gasteiger partial charge is 0.219 e. The Hall–Kier alpha value is -0.570. The Balaban J connectivity index is 2.39. The van der Waals surface area contributed by atoms with Gasteiger partial charge in [0.05, 0.1) is 6.10 Å². The lowest BCUT2D eigenvalue weighted by Crippen LogP contribution is -2.26. The van der Waals surface area contributed by atoms with Crippen LogP contribution in [0.1, 0.15) is 13.3 Å². The van der Waals surface area contributed by atoms with Crippen molar-refractivity contribution >= 4 is 5.91 Å². The third kappa shape index (κ3) is 1.42. The van der Waals surface area contributed by atoms with Crippen molar-refractivity contribution in [1.29, 1.82) is 0 Å². The summed E-state index contributed by atoms with van der Waals surface area (Å²) >= 11 is 0. The van der Waals surface area contributed by atoms with Gasteiger partial charge in [-0.2, -0.15) is 0 Å². The maximum atomic E-state index is 10.6. The summed E-state index contributed by atoms with van der Waals surface area (Å²) < 4.78 is 0. The van der Waals surface area contributed by atoms with Crippen LogP contribution < -0.4 is 0 Å². The fraction of sp³-hybridized carbons (Fsp3) is 0.833. The van der Waals surface area contributed by atoms with Crippen LogP contribution >= 0.6 is 0 Å². The lowest BCUT2D eigenvalue weighted by molar-refractivity contribution is -0.128. The molecule has 0 aromatic carbocycles. The molecule has 1 saturated heterocycles. The number of aliphatic hydroxyl groups excluding tert-OH is 1. The van der Waals surface area contributed by atoms with Crippen LogP contribution in [0.3, 0.4) is 0 Å². The van der Waals surface area contributed by atoms with E-state index in [1.807, 2.05) is 0 Å². The van der Waals surface area contributed by atoms with Gasteiger partial charge in [0, 0.05) is 20.0 Å². The summed E-state index contributed by atoms with van der Waals surface area (Å²) in [6, 6.07) is 0. The van der Waals surface area contributed by atoms with Crippen LogP contribution in [0.2, 0.25) is 0 Å². The molecule has 1 aliphatic rings. The Kier molecular flexibility index (Phi) is 1.71. The van der Waals surface area contributed by atoms with E-state index in [0.29, 0.717) is 6.54 Å². The summed E-state index contributed by atoms with van der Waals surface area (Å²) in [6.45, 7) is 2.77. The molecule has 1 N–H and O–H groups in total. The number of hydrogen-bond donors (Lipinski definition) is 1. The van der Waals surface area contributed by atoms with Gasteiger partial charge in [0.15, 0.2) is 0 Å². The van der Waals surface area contributed by atoms with Crippen molar-refractivity contribution in [2.45, 2.75) is 19.4 Å². The molecule has 1 fully saturated rings. The van der Waals surface area contributed by atoms with Crippen molar-refractivity contribution in [3.05, 3.63) is 0 Å². The summed E-state index contributed by atoms with van der Waals surface area (Å²) in [4.78, 5) is 12.3. The number of carbonyl (C=O) groups is 1.